The molecule has 128 valence electrons. The van der Waals surface area contributed by atoms with Gasteiger partial charge >= 0.3 is 0 Å². The number of carbonyl (C=O) groups excluding carboxylic acids is 1. The van der Waals surface area contributed by atoms with Crippen LogP contribution in [0.4, 0.5) is 0 Å². The van der Waals surface area contributed by atoms with Crippen LogP contribution in [0, 0.1) is 0 Å². The Hall–Kier alpha value is -2.70. The minimum atomic E-state index is -0.617. The number of rotatable bonds is 4. The van der Waals surface area contributed by atoms with Gasteiger partial charge in [-0.3, -0.25) is 4.79 Å². The number of carbonyl (C=O) groups is 1. The lowest BCUT2D eigenvalue weighted by atomic mass is 10.1. The largest absolute Gasteiger partial charge is 0.395 e. The van der Waals surface area contributed by atoms with Crippen molar-refractivity contribution in [1.29, 1.82) is 0 Å². The maximum Gasteiger partial charge on any atom is 0.251 e. The van der Waals surface area contributed by atoms with Crippen molar-refractivity contribution in [2.75, 3.05) is 6.61 Å². The third-order valence-electron chi connectivity index (χ3n) is 4.71. The molecule has 1 amide bonds. The number of aliphatic hydroxyl groups is 2. The van der Waals surface area contributed by atoms with Crippen LogP contribution in [-0.4, -0.2) is 38.4 Å². The fraction of sp³-hybridized carbons (Fsp3) is 0.263. The third kappa shape index (κ3) is 2.79. The van der Waals surface area contributed by atoms with Crippen molar-refractivity contribution in [2.24, 2.45) is 0 Å². The first kappa shape index (κ1) is 15.8. The lowest BCUT2D eigenvalue weighted by Gasteiger charge is -2.18. The molecule has 1 heterocycles. The first-order valence-electron chi connectivity index (χ1n) is 8.30. The molecule has 0 spiro atoms. The van der Waals surface area contributed by atoms with Crippen LogP contribution < -0.4 is 5.32 Å². The van der Waals surface area contributed by atoms with Crippen molar-refractivity contribution in [2.45, 2.75) is 25.1 Å². The highest BCUT2D eigenvalue weighted by molar-refractivity contribution is 5.97. The predicted octanol–water partition coefficient (Wildman–Crippen LogP) is 1.42. The Morgan fingerprint density at radius 2 is 2.12 bits per heavy atom. The van der Waals surface area contributed by atoms with E-state index < -0.39 is 12.1 Å². The topological polar surface area (TPSA) is 87.4 Å². The molecule has 0 saturated heterocycles. The van der Waals surface area contributed by atoms with Crippen molar-refractivity contribution in [1.82, 2.24) is 14.9 Å². The summed E-state index contributed by atoms with van der Waals surface area (Å²) in [5, 5.41) is 22.3. The second kappa shape index (κ2) is 6.31. The molecule has 4 rings (SSSR count). The molecule has 2 atom stereocenters. The number of aromatic nitrogens is 2. The van der Waals surface area contributed by atoms with Crippen molar-refractivity contribution in [3.8, 4) is 0 Å². The molecule has 2 unspecified atom stereocenters. The second-order valence-corrected chi connectivity index (χ2v) is 6.29. The van der Waals surface area contributed by atoms with Crippen molar-refractivity contribution in [3.63, 3.8) is 0 Å². The molecule has 0 bridgehead atoms. The standard InChI is InChI=1S/C19H19N3O3/c23-8-7-22-11-20-15-9-13(5-6-16(15)22)19(25)21-18-14-4-2-1-3-12(14)10-17(18)24/h1-6,9,11,17-18,23-24H,7-8,10H2,(H,21,25). The summed E-state index contributed by atoms with van der Waals surface area (Å²) in [6.07, 6.45) is 1.58. The average Bonchev–Trinajstić information content (AvgIpc) is 3.16. The van der Waals surface area contributed by atoms with Gasteiger partial charge in [0.2, 0.25) is 0 Å². The van der Waals surface area contributed by atoms with Crippen LogP contribution in [0.25, 0.3) is 11.0 Å². The van der Waals surface area contributed by atoms with Crippen molar-refractivity contribution < 1.29 is 15.0 Å². The van der Waals surface area contributed by atoms with Gasteiger partial charge in [-0.25, -0.2) is 4.98 Å². The smallest absolute Gasteiger partial charge is 0.251 e. The van der Waals surface area contributed by atoms with E-state index in [-0.39, 0.29) is 12.5 Å². The number of fused-ring (bicyclic) bond motifs is 2. The van der Waals surface area contributed by atoms with E-state index in [0.29, 0.717) is 24.0 Å². The molecule has 1 aliphatic rings. The first-order chi connectivity index (χ1) is 12.2. The normalized spacial score (nSPS) is 19.1. The molecule has 0 fully saturated rings. The fourth-order valence-corrected chi connectivity index (χ4v) is 3.46. The number of aliphatic hydroxyl groups excluding tert-OH is 2. The number of nitrogens with one attached hydrogen (secondary N) is 1. The molecule has 0 aliphatic heterocycles. The Balaban J connectivity index is 1.58. The first-order valence-corrected chi connectivity index (χ1v) is 8.30. The summed E-state index contributed by atoms with van der Waals surface area (Å²) in [5.74, 6) is -0.237. The zero-order valence-electron chi connectivity index (χ0n) is 13.6. The molecule has 0 radical (unpaired) electrons. The highest BCUT2D eigenvalue weighted by Crippen LogP contribution is 2.31. The van der Waals surface area contributed by atoms with E-state index in [2.05, 4.69) is 10.3 Å². The molecule has 25 heavy (non-hydrogen) atoms. The van der Waals surface area contributed by atoms with E-state index in [0.717, 1.165) is 16.6 Å². The molecular weight excluding hydrogens is 318 g/mol. The van der Waals surface area contributed by atoms with Crippen LogP contribution in [0.5, 0.6) is 0 Å². The van der Waals surface area contributed by atoms with Crippen LogP contribution in [0.2, 0.25) is 0 Å². The van der Waals surface area contributed by atoms with E-state index in [1.54, 1.807) is 18.5 Å². The van der Waals surface area contributed by atoms with Crippen LogP contribution in [0.3, 0.4) is 0 Å². The van der Waals surface area contributed by atoms with Crippen LogP contribution in [0.1, 0.15) is 27.5 Å². The van der Waals surface area contributed by atoms with Gasteiger partial charge in [0.25, 0.3) is 5.91 Å². The maximum atomic E-state index is 12.6. The van der Waals surface area contributed by atoms with Crippen LogP contribution in [0.15, 0.2) is 48.8 Å². The monoisotopic (exact) mass is 337 g/mol. The highest BCUT2D eigenvalue weighted by atomic mass is 16.3. The van der Waals surface area contributed by atoms with Gasteiger partial charge in [0.05, 0.1) is 36.1 Å². The molecule has 2 aromatic carbocycles. The Bertz CT molecular complexity index is 935. The molecule has 6 nitrogen and oxygen atoms in total. The SMILES string of the molecule is O=C(NC1c2ccccc2CC1O)c1ccc2c(c1)ncn2CCO. The Morgan fingerprint density at radius 3 is 2.96 bits per heavy atom. The van der Waals surface area contributed by atoms with E-state index in [1.807, 2.05) is 34.9 Å². The highest BCUT2D eigenvalue weighted by Gasteiger charge is 2.32. The lowest BCUT2D eigenvalue weighted by Crippen LogP contribution is -2.33. The van der Waals surface area contributed by atoms with Crippen molar-refractivity contribution in [3.05, 3.63) is 65.5 Å². The maximum absolute atomic E-state index is 12.6. The zero-order valence-corrected chi connectivity index (χ0v) is 13.6. The second-order valence-electron chi connectivity index (χ2n) is 6.29. The van der Waals surface area contributed by atoms with E-state index >= 15 is 0 Å². The van der Waals surface area contributed by atoms with Crippen LogP contribution >= 0.6 is 0 Å². The number of amides is 1. The third-order valence-corrected chi connectivity index (χ3v) is 4.71. The Morgan fingerprint density at radius 1 is 1.28 bits per heavy atom. The summed E-state index contributed by atoms with van der Waals surface area (Å²) < 4.78 is 1.84. The van der Waals surface area contributed by atoms with Crippen LogP contribution in [-0.2, 0) is 13.0 Å². The lowest BCUT2D eigenvalue weighted by molar-refractivity contribution is 0.0858. The van der Waals surface area contributed by atoms with Gasteiger partial charge in [0, 0.05) is 18.5 Å². The fourth-order valence-electron chi connectivity index (χ4n) is 3.46. The summed E-state index contributed by atoms with van der Waals surface area (Å²) in [7, 11) is 0. The molecule has 1 aliphatic carbocycles. The number of hydrogen-bond donors (Lipinski definition) is 3. The molecule has 1 aromatic heterocycles. The molecule has 3 aromatic rings. The number of hydrogen-bond acceptors (Lipinski definition) is 4. The Labute approximate surface area is 144 Å². The molecule has 0 saturated carbocycles. The number of benzene rings is 2. The summed E-state index contributed by atoms with van der Waals surface area (Å²) in [6.45, 7) is 0.500. The average molecular weight is 337 g/mol. The van der Waals surface area contributed by atoms with Gasteiger partial charge in [-0.05, 0) is 29.3 Å². The number of imidazole rings is 1. The van der Waals surface area contributed by atoms with Gasteiger partial charge in [0.1, 0.15) is 0 Å². The molecular formula is C19H19N3O3. The minimum Gasteiger partial charge on any atom is -0.395 e. The number of nitrogens with zero attached hydrogens (tertiary/aromatic N) is 2. The molecule has 6 heteroatoms. The summed E-state index contributed by atoms with van der Waals surface area (Å²) >= 11 is 0. The van der Waals surface area contributed by atoms with E-state index in [9.17, 15) is 9.90 Å². The Kier molecular flexibility index (Phi) is 3.99. The minimum absolute atomic E-state index is 0.0344. The van der Waals surface area contributed by atoms with E-state index in [1.165, 1.54) is 0 Å². The summed E-state index contributed by atoms with van der Waals surface area (Å²) in [6, 6.07) is 12.7. The zero-order chi connectivity index (χ0) is 17.4. The summed E-state index contributed by atoms with van der Waals surface area (Å²) in [5.41, 5.74) is 4.11. The van der Waals surface area contributed by atoms with Gasteiger partial charge < -0.3 is 20.1 Å². The molecule has 3 N–H and O–H groups in total. The van der Waals surface area contributed by atoms with Gasteiger partial charge in [-0.2, -0.15) is 0 Å². The summed E-state index contributed by atoms with van der Waals surface area (Å²) in [4.78, 5) is 16.9. The van der Waals surface area contributed by atoms with Gasteiger partial charge in [-0.1, -0.05) is 24.3 Å². The van der Waals surface area contributed by atoms with Gasteiger partial charge in [-0.15, -0.1) is 0 Å². The van der Waals surface area contributed by atoms with Crippen molar-refractivity contribution >= 4 is 16.9 Å². The van der Waals surface area contributed by atoms with Gasteiger partial charge in [0.15, 0.2) is 0 Å². The predicted molar refractivity (Wildman–Crippen MR) is 93.2 cm³/mol. The quantitative estimate of drug-likeness (QED) is 0.672. The van der Waals surface area contributed by atoms with E-state index in [4.69, 9.17) is 5.11 Å².